The molecule has 1 aromatic rings. The zero-order valence-electron chi connectivity index (χ0n) is 8.37. The van der Waals surface area contributed by atoms with E-state index in [0.29, 0.717) is 17.1 Å². The van der Waals surface area contributed by atoms with Gasteiger partial charge >= 0.3 is 6.18 Å². The van der Waals surface area contributed by atoms with Crippen molar-refractivity contribution in [2.24, 2.45) is 5.92 Å². The number of alkyl halides is 3. The van der Waals surface area contributed by atoms with Gasteiger partial charge in [-0.25, -0.2) is 0 Å². The molecule has 2 aliphatic rings. The lowest BCUT2D eigenvalue weighted by Crippen LogP contribution is -2.31. The quantitative estimate of drug-likeness (QED) is 0.766. The summed E-state index contributed by atoms with van der Waals surface area (Å²) < 4.78 is 40.4. The standard InChI is InChI=1S/C9H10F3N3S/c10-9(11,12)7-13-8(16-14-7)15-4-5-1-2-6(15)3-5/h5-6H,1-4H2. The Bertz CT molecular complexity index is 403. The van der Waals surface area contributed by atoms with Crippen molar-refractivity contribution in [3.63, 3.8) is 0 Å². The van der Waals surface area contributed by atoms with Crippen LogP contribution >= 0.6 is 11.5 Å². The van der Waals surface area contributed by atoms with Gasteiger partial charge in [0.2, 0.25) is 11.0 Å². The van der Waals surface area contributed by atoms with Crippen LogP contribution in [0.1, 0.15) is 25.1 Å². The maximum Gasteiger partial charge on any atom is 0.452 e. The summed E-state index contributed by atoms with van der Waals surface area (Å²) in [5, 5.41) is 0.430. The van der Waals surface area contributed by atoms with E-state index in [-0.39, 0.29) is 0 Å². The van der Waals surface area contributed by atoms with Crippen LogP contribution in [-0.4, -0.2) is 21.9 Å². The first kappa shape index (κ1) is 10.3. The lowest BCUT2D eigenvalue weighted by molar-refractivity contribution is -0.144. The van der Waals surface area contributed by atoms with Gasteiger partial charge in [0.15, 0.2) is 0 Å². The number of rotatable bonds is 1. The van der Waals surface area contributed by atoms with Crippen molar-refractivity contribution in [2.45, 2.75) is 31.5 Å². The SMILES string of the molecule is FC(F)(F)c1nsc(N2CC3CCC2C3)n1. The average molecular weight is 249 g/mol. The molecule has 2 fully saturated rings. The third-order valence-corrected chi connectivity index (χ3v) is 4.08. The summed E-state index contributed by atoms with van der Waals surface area (Å²) >= 11 is 0.858. The summed E-state index contributed by atoms with van der Waals surface area (Å²) in [4.78, 5) is 5.58. The topological polar surface area (TPSA) is 29.0 Å². The molecule has 0 spiro atoms. The molecule has 1 aliphatic carbocycles. The van der Waals surface area contributed by atoms with Crippen molar-refractivity contribution < 1.29 is 13.2 Å². The molecule has 1 saturated carbocycles. The Kier molecular flexibility index (Phi) is 2.14. The Hall–Kier alpha value is -0.850. The molecule has 88 valence electrons. The summed E-state index contributed by atoms with van der Waals surface area (Å²) in [5.74, 6) is -0.362. The molecule has 0 amide bonds. The molecule has 1 saturated heterocycles. The summed E-state index contributed by atoms with van der Waals surface area (Å²) in [7, 11) is 0. The number of nitrogens with zero attached hydrogens (tertiary/aromatic N) is 3. The lowest BCUT2D eigenvalue weighted by Gasteiger charge is -2.25. The molecular formula is C9H10F3N3S. The van der Waals surface area contributed by atoms with Gasteiger partial charge in [0.25, 0.3) is 0 Å². The van der Waals surface area contributed by atoms with Crippen LogP contribution in [-0.2, 0) is 6.18 Å². The van der Waals surface area contributed by atoms with Crippen molar-refractivity contribution in [3.8, 4) is 0 Å². The molecule has 0 radical (unpaired) electrons. The maximum absolute atomic E-state index is 12.3. The van der Waals surface area contributed by atoms with E-state index >= 15 is 0 Å². The van der Waals surface area contributed by atoms with E-state index in [2.05, 4.69) is 9.36 Å². The molecule has 1 aromatic heterocycles. The predicted molar refractivity (Wildman–Crippen MR) is 53.4 cm³/mol. The Morgan fingerprint density at radius 3 is 2.62 bits per heavy atom. The smallest absolute Gasteiger partial charge is 0.344 e. The fourth-order valence-electron chi connectivity index (χ4n) is 2.61. The second kappa shape index (κ2) is 3.32. The van der Waals surface area contributed by atoms with Gasteiger partial charge in [-0.05, 0) is 25.2 Å². The summed E-state index contributed by atoms with van der Waals surface area (Å²) in [6.45, 7) is 0.844. The highest BCUT2D eigenvalue weighted by Gasteiger charge is 2.41. The highest BCUT2D eigenvalue weighted by atomic mass is 32.1. The fourth-order valence-corrected chi connectivity index (χ4v) is 3.37. The van der Waals surface area contributed by atoms with Gasteiger partial charge in [-0.15, -0.1) is 0 Å². The van der Waals surface area contributed by atoms with Crippen LogP contribution in [0.15, 0.2) is 0 Å². The van der Waals surface area contributed by atoms with Gasteiger partial charge in [-0.1, -0.05) is 0 Å². The largest absolute Gasteiger partial charge is 0.452 e. The summed E-state index contributed by atoms with van der Waals surface area (Å²) in [6.07, 6.45) is -1.05. The molecule has 1 aliphatic heterocycles. The highest BCUT2D eigenvalue weighted by molar-refractivity contribution is 7.09. The second-order valence-corrected chi connectivity index (χ2v) is 5.11. The Morgan fingerprint density at radius 2 is 2.12 bits per heavy atom. The Balaban J connectivity index is 1.83. The van der Waals surface area contributed by atoms with E-state index in [9.17, 15) is 13.2 Å². The fraction of sp³-hybridized carbons (Fsp3) is 0.778. The number of halogens is 3. The lowest BCUT2D eigenvalue weighted by atomic mass is 10.1. The van der Waals surface area contributed by atoms with Crippen molar-refractivity contribution in [3.05, 3.63) is 5.82 Å². The van der Waals surface area contributed by atoms with E-state index in [1.807, 2.05) is 4.90 Å². The van der Waals surface area contributed by atoms with Gasteiger partial charge < -0.3 is 4.90 Å². The number of hydrogen-bond donors (Lipinski definition) is 0. The second-order valence-electron chi connectivity index (χ2n) is 4.38. The van der Waals surface area contributed by atoms with E-state index in [1.54, 1.807) is 0 Å². The number of anilines is 1. The number of hydrogen-bond acceptors (Lipinski definition) is 4. The van der Waals surface area contributed by atoms with Crippen LogP contribution in [0.5, 0.6) is 0 Å². The van der Waals surface area contributed by atoms with Gasteiger partial charge in [0, 0.05) is 24.1 Å². The van der Waals surface area contributed by atoms with Gasteiger partial charge in [0.1, 0.15) is 0 Å². The predicted octanol–water partition coefficient (Wildman–Crippen LogP) is 2.55. The van der Waals surface area contributed by atoms with E-state index in [1.165, 1.54) is 6.42 Å². The minimum Gasteiger partial charge on any atom is -0.344 e. The summed E-state index contributed by atoms with van der Waals surface area (Å²) in [6, 6.07) is 0.388. The highest BCUT2D eigenvalue weighted by Crippen LogP contribution is 2.41. The Labute approximate surface area is 94.5 Å². The van der Waals surface area contributed by atoms with Crippen molar-refractivity contribution in [2.75, 3.05) is 11.4 Å². The first-order chi connectivity index (χ1) is 7.54. The van der Waals surface area contributed by atoms with Gasteiger partial charge in [0.05, 0.1) is 0 Å². The van der Waals surface area contributed by atoms with Crippen LogP contribution in [0.2, 0.25) is 0 Å². The van der Waals surface area contributed by atoms with E-state index < -0.39 is 12.0 Å². The van der Waals surface area contributed by atoms with Crippen LogP contribution in [0.3, 0.4) is 0 Å². The summed E-state index contributed by atoms with van der Waals surface area (Å²) in [5.41, 5.74) is 0. The first-order valence-electron chi connectivity index (χ1n) is 5.21. The van der Waals surface area contributed by atoms with Crippen LogP contribution in [0, 0.1) is 5.92 Å². The number of aromatic nitrogens is 2. The van der Waals surface area contributed by atoms with Gasteiger partial charge in [-0.3, -0.25) is 0 Å². The Morgan fingerprint density at radius 1 is 1.31 bits per heavy atom. The zero-order chi connectivity index (χ0) is 11.3. The zero-order valence-corrected chi connectivity index (χ0v) is 9.18. The monoisotopic (exact) mass is 249 g/mol. The maximum atomic E-state index is 12.3. The van der Waals surface area contributed by atoms with Gasteiger partial charge in [-0.2, -0.15) is 22.5 Å². The molecule has 3 nitrogen and oxygen atoms in total. The van der Waals surface area contributed by atoms with Crippen molar-refractivity contribution in [1.82, 2.24) is 9.36 Å². The molecular weight excluding hydrogens is 239 g/mol. The van der Waals surface area contributed by atoms with Crippen LogP contribution in [0.25, 0.3) is 0 Å². The molecule has 2 atom stereocenters. The molecule has 0 aromatic carbocycles. The third-order valence-electron chi connectivity index (χ3n) is 3.32. The first-order valence-corrected chi connectivity index (χ1v) is 5.99. The van der Waals surface area contributed by atoms with E-state index in [4.69, 9.17) is 0 Å². The third kappa shape index (κ3) is 1.57. The van der Waals surface area contributed by atoms with Crippen LogP contribution in [0.4, 0.5) is 18.3 Å². The minimum absolute atomic E-state index is 0.388. The molecule has 2 heterocycles. The molecule has 3 rings (SSSR count). The average Bonchev–Trinajstić information content (AvgIpc) is 2.92. The van der Waals surface area contributed by atoms with Crippen molar-refractivity contribution >= 4 is 16.7 Å². The molecule has 2 bridgehead atoms. The normalized spacial score (nSPS) is 29.1. The van der Waals surface area contributed by atoms with Crippen molar-refractivity contribution in [1.29, 1.82) is 0 Å². The minimum atomic E-state index is -4.42. The molecule has 16 heavy (non-hydrogen) atoms. The molecule has 0 N–H and O–H groups in total. The number of fused-ring (bicyclic) bond motifs is 2. The molecule has 2 unspecified atom stereocenters. The van der Waals surface area contributed by atoms with Crippen LogP contribution < -0.4 is 4.90 Å². The number of piperidine rings is 1. The van der Waals surface area contributed by atoms with E-state index in [0.717, 1.165) is 30.9 Å². The molecule has 7 heteroatoms.